The smallest absolute Gasteiger partial charge is 0.132 e. The summed E-state index contributed by atoms with van der Waals surface area (Å²) in [4.78, 5) is 0. The molecule has 1 atom stereocenters. The van der Waals surface area contributed by atoms with E-state index < -0.39 is 5.60 Å². The second-order valence-electron chi connectivity index (χ2n) is 6.56. The second-order valence-corrected chi connectivity index (χ2v) is 6.56. The maximum absolute atomic E-state index is 9.89. The number of phenols is 2. The normalized spacial score (nSPS) is 18.6. The summed E-state index contributed by atoms with van der Waals surface area (Å²) in [7, 11) is 0. The molecule has 0 amide bonds. The van der Waals surface area contributed by atoms with E-state index in [1.165, 1.54) is 5.57 Å². The predicted octanol–water partition coefficient (Wildman–Crippen LogP) is 5.12. The lowest BCUT2D eigenvalue weighted by atomic mass is 9.82. The third-order valence-corrected chi connectivity index (χ3v) is 4.34. The molecule has 0 aliphatic carbocycles. The van der Waals surface area contributed by atoms with E-state index in [4.69, 9.17) is 4.74 Å². The average Bonchev–Trinajstić information content (AvgIpc) is 2.48. The molecule has 1 aliphatic heterocycles. The van der Waals surface area contributed by atoms with Gasteiger partial charge in [0.2, 0.25) is 0 Å². The summed E-state index contributed by atoms with van der Waals surface area (Å²) in [5.41, 5.74) is 3.60. The lowest BCUT2D eigenvalue weighted by molar-refractivity contribution is 0.0750. The van der Waals surface area contributed by atoms with Gasteiger partial charge in [0.05, 0.1) is 0 Å². The first-order chi connectivity index (χ1) is 10.9. The Bertz CT molecular complexity index is 772. The molecule has 2 aromatic rings. The molecule has 0 saturated heterocycles. The summed E-state index contributed by atoms with van der Waals surface area (Å²) in [5.74, 6) is 1.14. The zero-order chi connectivity index (χ0) is 16.6. The van der Waals surface area contributed by atoms with E-state index in [2.05, 4.69) is 26.8 Å². The van der Waals surface area contributed by atoms with Gasteiger partial charge in [-0.2, -0.15) is 0 Å². The fraction of sp³-hybridized carbons (Fsp3) is 0.300. The first kappa shape index (κ1) is 15.5. The van der Waals surface area contributed by atoms with Crippen LogP contribution >= 0.6 is 0 Å². The fourth-order valence-corrected chi connectivity index (χ4v) is 3.15. The van der Waals surface area contributed by atoms with E-state index in [1.807, 2.05) is 6.07 Å². The van der Waals surface area contributed by atoms with E-state index in [1.54, 1.807) is 30.3 Å². The van der Waals surface area contributed by atoms with Crippen LogP contribution in [0.1, 0.15) is 39.2 Å². The van der Waals surface area contributed by atoms with Gasteiger partial charge in [0.15, 0.2) is 0 Å². The Morgan fingerprint density at radius 1 is 1.04 bits per heavy atom. The fourth-order valence-electron chi connectivity index (χ4n) is 3.15. The van der Waals surface area contributed by atoms with E-state index in [0.29, 0.717) is 0 Å². The van der Waals surface area contributed by atoms with E-state index in [9.17, 15) is 10.2 Å². The van der Waals surface area contributed by atoms with Crippen molar-refractivity contribution in [3.63, 3.8) is 0 Å². The first-order valence-corrected chi connectivity index (χ1v) is 7.88. The lowest BCUT2D eigenvalue weighted by Gasteiger charge is -2.38. The third-order valence-electron chi connectivity index (χ3n) is 4.34. The van der Waals surface area contributed by atoms with Crippen LogP contribution in [0.25, 0.3) is 11.1 Å². The average molecular weight is 310 g/mol. The molecule has 0 unspecified atom stereocenters. The van der Waals surface area contributed by atoms with Gasteiger partial charge < -0.3 is 14.9 Å². The lowest BCUT2D eigenvalue weighted by Crippen LogP contribution is -2.32. The van der Waals surface area contributed by atoms with Gasteiger partial charge in [-0.25, -0.2) is 0 Å². The van der Waals surface area contributed by atoms with Crippen LogP contribution in [0.2, 0.25) is 0 Å². The van der Waals surface area contributed by atoms with Crippen LogP contribution in [0.15, 0.2) is 48.0 Å². The molecule has 23 heavy (non-hydrogen) atoms. The van der Waals surface area contributed by atoms with E-state index in [-0.39, 0.29) is 11.5 Å². The molecule has 3 heteroatoms. The maximum atomic E-state index is 9.89. The molecule has 3 rings (SSSR count). The maximum Gasteiger partial charge on any atom is 0.132 e. The Balaban J connectivity index is 2.09. The Morgan fingerprint density at radius 2 is 1.70 bits per heavy atom. The predicted molar refractivity (Wildman–Crippen MR) is 91.9 cm³/mol. The zero-order valence-corrected chi connectivity index (χ0v) is 13.8. The molecular weight excluding hydrogens is 288 g/mol. The molecule has 2 N–H and O–H groups in total. The highest BCUT2D eigenvalue weighted by Crippen LogP contribution is 2.48. The van der Waals surface area contributed by atoms with Gasteiger partial charge in [0.25, 0.3) is 0 Å². The number of phenolic OH excluding ortho intramolecular Hbond substituents is 2. The highest BCUT2D eigenvalue weighted by atomic mass is 16.5. The van der Waals surface area contributed by atoms with Crippen molar-refractivity contribution in [2.75, 3.05) is 0 Å². The number of rotatable bonds is 3. The van der Waals surface area contributed by atoms with Crippen LogP contribution in [0.3, 0.4) is 0 Å². The van der Waals surface area contributed by atoms with Crippen molar-refractivity contribution in [1.82, 2.24) is 0 Å². The van der Waals surface area contributed by atoms with Crippen LogP contribution in [-0.4, -0.2) is 10.2 Å². The number of ether oxygens (including phenoxy) is 1. The highest BCUT2D eigenvalue weighted by molar-refractivity contribution is 5.78. The zero-order valence-electron chi connectivity index (χ0n) is 13.8. The van der Waals surface area contributed by atoms with Crippen molar-refractivity contribution in [2.45, 2.75) is 39.2 Å². The summed E-state index contributed by atoms with van der Waals surface area (Å²) in [6, 6.07) is 10.5. The summed E-state index contributed by atoms with van der Waals surface area (Å²) < 4.78 is 6.30. The van der Waals surface area contributed by atoms with Gasteiger partial charge in [0.1, 0.15) is 22.8 Å². The number of fused-ring (bicyclic) bond motifs is 3. The molecule has 1 heterocycles. The standard InChI is InChI=1S/C20H22O3/c1-13(2)5-4-10-20(3)18-8-6-14(21)11-16(18)17-12-15(22)7-9-19(17)23-20/h5-9,11-12,21-22H,4,10H2,1-3H3/t20-/m0/s1. The molecule has 3 nitrogen and oxygen atoms in total. The SMILES string of the molecule is CC(C)=CCC[C@]1(C)Oc2ccc(O)cc2-c2cc(O)ccc21. The van der Waals surface area contributed by atoms with E-state index >= 15 is 0 Å². The molecule has 0 spiro atoms. The third kappa shape index (κ3) is 2.91. The van der Waals surface area contributed by atoms with Crippen LogP contribution in [-0.2, 0) is 5.60 Å². The first-order valence-electron chi connectivity index (χ1n) is 7.88. The molecule has 0 fully saturated rings. The molecule has 0 aromatic heterocycles. The largest absolute Gasteiger partial charge is 0.508 e. The van der Waals surface area contributed by atoms with Crippen LogP contribution in [0, 0.1) is 0 Å². The quantitative estimate of drug-likeness (QED) is 0.774. The van der Waals surface area contributed by atoms with Gasteiger partial charge in [0, 0.05) is 11.1 Å². The Morgan fingerprint density at radius 3 is 2.39 bits per heavy atom. The number of hydrogen-bond acceptors (Lipinski definition) is 3. The van der Waals surface area contributed by atoms with Gasteiger partial charge >= 0.3 is 0 Å². The molecule has 0 saturated carbocycles. The Labute approximate surface area is 136 Å². The van der Waals surface area contributed by atoms with Gasteiger partial charge in [-0.15, -0.1) is 0 Å². The Kier molecular flexibility index (Phi) is 3.80. The monoisotopic (exact) mass is 310 g/mol. The minimum absolute atomic E-state index is 0.190. The van der Waals surface area contributed by atoms with Crippen molar-refractivity contribution >= 4 is 0 Å². The van der Waals surface area contributed by atoms with Gasteiger partial charge in [-0.1, -0.05) is 17.7 Å². The number of hydrogen-bond donors (Lipinski definition) is 2. The second kappa shape index (κ2) is 5.65. The highest BCUT2D eigenvalue weighted by Gasteiger charge is 2.36. The molecule has 120 valence electrons. The summed E-state index contributed by atoms with van der Waals surface area (Å²) in [5, 5.41) is 19.7. The van der Waals surface area contributed by atoms with Gasteiger partial charge in [-0.3, -0.25) is 0 Å². The summed E-state index contributed by atoms with van der Waals surface area (Å²) >= 11 is 0. The molecule has 1 aliphatic rings. The molecule has 0 radical (unpaired) electrons. The number of allylic oxidation sites excluding steroid dienone is 2. The van der Waals surface area contributed by atoms with Crippen molar-refractivity contribution in [3.8, 4) is 28.4 Å². The number of benzene rings is 2. The summed E-state index contributed by atoms with van der Waals surface area (Å²) in [6.45, 7) is 6.26. The minimum atomic E-state index is -0.459. The van der Waals surface area contributed by atoms with Crippen molar-refractivity contribution in [2.24, 2.45) is 0 Å². The van der Waals surface area contributed by atoms with Gasteiger partial charge in [-0.05, 0) is 69.5 Å². The van der Waals surface area contributed by atoms with Crippen LogP contribution in [0.4, 0.5) is 0 Å². The van der Waals surface area contributed by atoms with Crippen molar-refractivity contribution in [3.05, 3.63) is 53.6 Å². The topological polar surface area (TPSA) is 49.7 Å². The van der Waals surface area contributed by atoms with Crippen molar-refractivity contribution in [1.29, 1.82) is 0 Å². The van der Waals surface area contributed by atoms with E-state index in [0.717, 1.165) is 35.3 Å². The molecular formula is C20H22O3. The Hall–Kier alpha value is -2.42. The molecule has 0 bridgehead atoms. The van der Waals surface area contributed by atoms with Crippen LogP contribution < -0.4 is 4.74 Å². The minimum Gasteiger partial charge on any atom is -0.508 e. The number of aromatic hydroxyl groups is 2. The van der Waals surface area contributed by atoms with Crippen molar-refractivity contribution < 1.29 is 14.9 Å². The van der Waals surface area contributed by atoms with Crippen LogP contribution in [0.5, 0.6) is 17.2 Å². The summed E-state index contributed by atoms with van der Waals surface area (Å²) in [6.07, 6.45) is 3.98. The molecule has 2 aromatic carbocycles.